The van der Waals surface area contributed by atoms with Crippen molar-refractivity contribution >= 4 is 23.5 Å². The van der Waals surface area contributed by atoms with Crippen LogP contribution in [-0.2, 0) is 16.0 Å². The maximum absolute atomic E-state index is 12.8. The third-order valence-electron chi connectivity index (χ3n) is 5.45. The molecule has 1 N–H and O–H groups in total. The van der Waals surface area contributed by atoms with Gasteiger partial charge in [0.05, 0.1) is 17.2 Å². The first-order valence-corrected chi connectivity index (χ1v) is 11.1. The molecule has 0 fully saturated rings. The van der Waals surface area contributed by atoms with Crippen LogP contribution in [0.15, 0.2) is 78.9 Å². The summed E-state index contributed by atoms with van der Waals surface area (Å²) in [6.07, 6.45) is -0.326. The molecule has 0 aliphatic carbocycles. The number of nitrogens with zero attached hydrogens (tertiary/aromatic N) is 1. The van der Waals surface area contributed by atoms with E-state index in [2.05, 4.69) is 11.4 Å². The van der Waals surface area contributed by atoms with E-state index in [1.54, 1.807) is 43.3 Å². The highest BCUT2D eigenvalue weighted by Crippen LogP contribution is 2.26. The van der Waals surface area contributed by atoms with Gasteiger partial charge >= 0.3 is 5.97 Å². The first-order chi connectivity index (χ1) is 15.9. The molecule has 1 amide bonds. The molecule has 0 saturated heterocycles. The van der Waals surface area contributed by atoms with Gasteiger partial charge in [0.1, 0.15) is 0 Å². The summed E-state index contributed by atoms with van der Waals surface area (Å²) in [4.78, 5) is 25.1. The topological polar surface area (TPSA) is 79.2 Å². The van der Waals surface area contributed by atoms with Crippen LogP contribution in [0.25, 0.3) is 0 Å². The van der Waals surface area contributed by atoms with E-state index < -0.39 is 12.1 Å². The minimum Gasteiger partial charge on any atom is -0.449 e. The molecule has 0 aliphatic rings. The van der Waals surface area contributed by atoms with Gasteiger partial charge in [-0.3, -0.25) is 4.79 Å². The number of hydrogen-bond donors (Lipinski definition) is 1. The molecule has 0 unspecified atom stereocenters. The van der Waals surface area contributed by atoms with Gasteiger partial charge in [0.25, 0.3) is 5.91 Å². The van der Waals surface area contributed by atoms with Gasteiger partial charge in [-0.15, -0.1) is 0 Å². The van der Waals surface area contributed by atoms with Crippen LogP contribution in [0.5, 0.6) is 0 Å². The molecule has 0 saturated carbocycles. The summed E-state index contributed by atoms with van der Waals surface area (Å²) in [5.41, 5.74) is 2.93. The van der Waals surface area contributed by atoms with E-state index in [9.17, 15) is 14.9 Å². The van der Waals surface area contributed by atoms with Crippen molar-refractivity contribution in [3.05, 3.63) is 106 Å². The fourth-order valence-electron chi connectivity index (χ4n) is 3.60. The molecule has 168 valence electrons. The van der Waals surface area contributed by atoms with Crippen LogP contribution in [0.1, 0.15) is 46.8 Å². The first-order valence-electron chi connectivity index (χ1n) is 10.7. The molecule has 0 bridgehead atoms. The third kappa shape index (κ3) is 6.68. The lowest BCUT2D eigenvalue weighted by atomic mass is 9.86. The Morgan fingerprint density at radius 3 is 2.36 bits per heavy atom. The highest BCUT2D eigenvalue weighted by atomic mass is 35.5. The number of esters is 1. The van der Waals surface area contributed by atoms with Gasteiger partial charge in [-0.2, -0.15) is 5.26 Å². The van der Waals surface area contributed by atoms with Crippen LogP contribution in [0.3, 0.4) is 0 Å². The smallest absolute Gasteiger partial charge is 0.338 e. The number of carbonyl (C=O) groups excluding carboxylic acids is 2. The Kier molecular flexibility index (Phi) is 8.23. The second-order valence-corrected chi connectivity index (χ2v) is 8.32. The molecule has 0 spiro atoms. The second-order valence-electron chi connectivity index (χ2n) is 7.89. The van der Waals surface area contributed by atoms with Crippen LogP contribution >= 0.6 is 11.6 Å². The van der Waals surface area contributed by atoms with Gasteiger partial charge in [0.15, 0.2) is 6.10 Å². The number of rotatable bonds is 8. The summed E-state index contributed by atoms with van der Waals surface area (Å²) in [6, 6.07) is 25.3. The number of nitriles is 1. The average Bonchev–Trinajstić information content (AvgIpc) is 2.84. The van der Waals surface area contributed by atoms with Crippen LogP contribution in [0.4, 0.5) is 0 Å². The Morgan fingerprint density at radius 2 is 1.70 bits per heavy atom. The summed E-state index contributed by atoms with van der Waals surface area (Å²) in [5.74, 6) is -1.05. The molecule has 3 atom stereocenters. The lowest BCUT2D eigenvalue weighted by Crippen LogP contribution is -2.43. The molecule has 6 heteroatoms. The Labute approximate surface area is 199 Å². The fourth-order valence-corrected chi connectivity index (χ4v) is 3.72. The van der Waals surface area contributed by atoms with Gasteiger partial charge in [0.2, 0.25) is 0 Å². The second kappa shape index (κ2) is 11.3. The minimum absolute atomic E-state index is 0.111. The molecule has 3 aromatic carbocycles. The molecule has 0 radical (unpaired) electrons. The number of amides is 1. The Hall–Kier alpha value is -3.62. The fraction of sp³-hybridized carbons (Fsp3) is 0.222. The first kappa shape index (κ1) is 24.0. The lowest BCUT2D eigenvalue weighted by Gasteiger charge is -2.27. The quantitative estimate of drug-likeness (QED) is 0.463. The van der Waals surface area contributed by atoms with E-state index in [0.717, 1.165) is 11.1 Å². The minimum atomic E-state index is -0.957. The Morgan fingerprint density at radius 1 is 1.00 bits per heavy atom. The van der Waals surface area contributed by atoms with Crippen molar-refractivity contribution in [3.8, 4) is 6.07 Å². The lowest BCUT2D eigenvalue weighted by molar-refractivity contribution is -0.129. The molecular formula is C27H25ClN2O3. The predicted molar refractivity (Wildman–Crippen MR) is 128 cm³/mol. The number of carbonyl (C=O) groups is 2. The van der Waals surface area contributed by atoms with E-state index in [1.165, 1.54) is 0 Å². The van der Waals surface area contributed by atoms with Crippen LogP contribution < -0.4 is 5.32 Å². The zero-order chi connectivity index (χ0) is 23.8. The van der Waals surface area contributed by atoms with Gasteiger partial charge in [-0.05, 0) is 67.8 Å². The van der Waals surface area contributed by atoms with Gasteiger partial charge in [-0.25, -0.2) is 4.79 Å². The monoisotopic (exact) mass is 460 g/mol. The molecule has 3 aromatic rings. The number of nitrogens with one attached hydrogen (secondary N) is 1. The molecule has 5 nitrogen and oxygen atoms in total. The van der Waals surface area contributed by atoms with Crippen molar-refractivity contribution in [3.63, 3.8) is 0 Å². The summed E-state index contributed by atoms with van der Waals surface area (Å²) in [7, 11) is 0. The van der Waals surface area contributed by atoms with Crippen LogP contribution in [0.2, 0.25) is 5.02 Å². The largest absolute Gasteiger partial charge is 0.449 e. The van der Waals surface area contributed by atoms with Crippen molar-refractivity contribution < 1.29 is 14.3 Å². The zero-order valence-electron chi connectivity index (χ0n) is 18.5. The van der Waals surface area contributed by atoms with Crippen molar-refractivity contribution in [2.24, 2.45) is 0 Å². The average molecular weight is 461 g/mol. The van der Waals surface area contributed by atoms with E-state index in [4.69, 9.17) is 16.3 Å². The Balaban J connectivity index is 1.75. The Bertz CT molecular complexity index is 1140. The zero-order valence-corrected chi connectivity index (χ0v) is 19.3. The number of benzene rings is 3. The normalized spacial score (nSPS) is 13.3. The van der Waals surface area contributed by atoms with Crippen LogP contribution in [-0.4, -0.2) is 24.0 Å². The molecule has 0 aliphatic heterocycles. The standard InChI is InChI=1S/C27H25ClN2O3/c1-18(30-26(31)19(2)33-27(32)22-8-4-3-5-9-22)25(16-20-11-13-24(28)14-12-20)23-10-6-7-21(15-23)17-29/h3-15,18-19,25H,16H2,1-2H3,(H,30,31)/t18-,19+,25+/m0/s1. The molecule has 3 rings (SSSR count). The van der Waals surface area contributed by atoms with Gasteiger partial charge in [-0.1, -0.05) is 54.1 Å². The number of ether oxygens (including phenoxy) is 1. The van der Waals surface area contributed by atoms with Crippen molar-refractivity contribution in [1.82, 2.24) is 5.32 Å². The van der Waals surface area contributed by atoms with E-state index >= 15 is 0 Å². The molecular weight excluding hydrogens is 436 g/mol. The number of halogens is 1. The van der Waals surface area contributed by atoms with Gasteiger partial charge in [0, 0.05) is 17.0 Å². The predicted octanol–water partition coefficient (Wildman–Crippen LogP) is 5.29. The molecule has 0 aromatic heterocycles. The third-order valence-corrected chi connectivity index (χ3v) is 5.70. The highest BCUT2D eigenvalue weighted by molar-refractivity contribution is 6.30. The molecule has 33 heavy (non-hydrogen) atoms. The van der Waals surface area contributed by atoms with Crippen molar-refractivity contribution in [2.45, 2.75) is 38.3 Å². The molecule has 0 heterocycles. The summed E-state index contributed by atoms with van der Waals surface area (Å²) in [6.45, 7) is 3.46. The summed E-state index contributed by atoms with van der Waals surface area (Å²) >= 11 is 6.02. The number of hydrogen-bond acceptors (Lipinski definition) is 4. The van der Waals surface area contributed by atoms with E-state index in [0.29, 0.717) is 22.6 Å². The summed E-state index contributed by atoms with van der Waals surface area (Å²) < 4.78 is 5.34. The summed E-state index contributed by atoms with van der Waals surface area (Å²) in [5, 5.41) is 12.9. The van der Waals surface area contributed by atoms with Crippen molar-refractivity contribution in [1.29, 1.82) is 5.26 Å². The van der Waals surface area contributed by atoms with Crippen molar-refractivity contribution in [2.75, 3.05) is 0 Å². The van der Waals surface area contributed by atoms with Crippen LogP contribution in [0, 0.1) is 11.3 Å². The highest BCUT2D eigenvalue weighted by Gasteiger charge is 2.26. The maximum atomic E-state index is 12.8. The maximum Gasteiger partial charge on any atom is 0.338 e. The van der Waals surface area contributed by atoms with E-state index in [1.807, 2.05) is 49.4 Å². The van der Waals surface area contributed by atoms with E-state index in [-0.39, 0.29) is 17.9 Å². The van der Waals surface area contributed by atoms with Gasteiger partial charge < -0.3 is 10.1 Å². The SMILES string of the molecule is C[C@H](NC(=O)[C@@H](C)OC(=O)c1ccccc1)[C@@H](Cc1ccc(Cl)cc1)c1cccc(C#N)c1.